The molecule has 98 valence electrons. The topological polar surface area (TPSA) is 50.4 Å². The van der Waals surface area contributed by atoms with Gasteiger partial charge in [-0.1, -0.05) is 17.7 Å². The van der Waals surface area contributed by atoms with E-state index in [4.69, 9.17) is 16.3 Å². The van der Waals surface area contributed by atoms with E-state index in [1.54, 1.807) is 25.3 Å². The summed E-state index contributed by atoms with van der Waals surface area (Å²) in [5, 5.41) is 6.69. The Hall–Kier alpha value is -1.10. The van der Waals surface area contributed by atoms with E-state index in [0.29, 0.717) is 23.6 Å². The van der Waals surface area contributed by atoms with Gasteiger partial charge in [-0.15, -0.1) is 0 Å². The standard InChI is InChI=1S/C13H17ClN2O2/c1-18-13(5-7-15-8-6-13)12(17)16-11-4-2-3-10(14)9-11/h2-4,9,15H,5-8H2,1H3,(H,16,17). The Morgan fingerprint density at radius 1 is 1.44 bits per heavy atom. The lowest BCUT2D eigenvalue weighted by atomic mass is 9.91. The summed E-state index contributed by atoms with van der Waals surface area (Å²) >= 11 is 5.89. The van der Waals surface area contributed by atoms with Crippen LogP contribution < -0.4 is 10.6 Å². The van der Waals surface area contributed by atoms with Gasteiger partial charge in [-0.05, 0) is 44.1 Å². The van der Waals surface area contributed by atoms with Crippen LogP contribution in [-0.4, -0.2) is 31.7 Å². The number of halogens is 1. The molecule has 0 radical (unpaired) electrons. The van der Waals surface area contributed by atoms with Crippen LogP contribution in [0.5, 0.6) is 0 Å². The Bertz CT molecular complexity index is 431. The summed E-state index contributed by atoms with van der Waals surface area (Å²) in [5.41, 5.74) is -0.0319. The third-order valence-corrected chi connectivity index (χ3v) is 3.53. The number of amides is 1. The van der Waals surface area contributed by atoms with Crippen molar-refractivity contribution in [2.24, 2.45) is 0 Å². The van der Waals surface area contributed by atoms with Crippen LogP contribution in [-0.2, 0) is 9.53 Å². The van der Waals surface area contributed by atoms with Crippen molar-refractivity contribution < 1.29 is 9.53 Å². The van der Waals surface area contributed by atoms with Gasteiger partial charge in [0.1, 0.15) is 5.60 Å². The summed E-state index contributed by atoms with van der Waals surface area (Å²) in [4.78, 5) is 12.3. The van der Waals surface area contributed by atoms with Gasteiger partial charge in [0.15, 0.2) is 0 Å². The maximum absolute atomic E-state index is 12.3. The number of hydrogen-bond acceptors (Lipinski definition) is 3. The number of piperidine rings is 1. The third kappa shape index (κ3) is 2.83. The molecule has 1 aliphatic rings. The van der Waals surface area contributed by atoms with Gasteiger partial charge < -0.3 is 15.4 Å². The van der Waals surface area contributed by atoms with Gasteiger partial charge in [0.05, 0.1) is 0 Å². The number of ether oxygens (including phenoxy) is 1. The number of carbonyl (C=O) groups excluding carboxylic acids is 1. The van der Waals surface area contributed by atoms with E-state index in [1.807, 2.05) is 6.07 Å². The third-order valence-electron chi connectivity index (χ3n) is 3.30. The molecule has 1 fully saturated rings. The van der Waals surface area contributed by atoms with Crippen molar-refractivity contribution >= 4 is 23.2 Å². The average Bonchev–Trinajstić information content (AvgIpc) is 2.39. The molecule has 1 aliphatic heterocycles. The zero-order chi connectivity index (χ0) is 13.0. The van der Waals surface area contributed by atoms with Crippen LogP contribution in [0.1, 0.15) is 12.8 Å². The molecule has 2 rings (SSSR count). The second-order valence-corrected chi connectivity index (χ2v) is 4.85. The quantitative estimate of drug-likeness (QED) is 0.882. The Labute approximate surface area is 112 Å². The van der Waals surface area contributed by atoms with Gasteiger partial charge in [-0.2, -0.15) is 0 Å². The first-order chi connectivity index (χ1) is 8.66. The van der Waals surface area contributed by atoms with E-state index >= 15 is 0 Å². The van der Waals surface area contributed by atoms with Crippen molar-refractivity contribution in [1.82, 2.24) is 5.32 Å². The molecule has 0 aliphatic carbocycles. The van der Waals surface area contributed by atoms with E-state index in [9.17, 15) is 4.79 Å². The van der Waals surface area contributed by atoms with Crippen LogP contribution in [0.3, 0.4) is 0 Å². The number of methoxy groups -OCH3 is 1. The van der Waals surface area contributed by atoms with Crippen LogP contribution >= 0.6 is 11.6 Å². The molecule has 1 aromatic rings. The minimum absolute atomic E-state index is 0.103. The maximum Gasteiger partial charge on any atom is 0.256 e. The summed E-state index contributed by atoms with van der Waals surface area (Å²) in [6.45, 7) is 1.58. The number of benzene rings is 1. The molecule has 0 bridgehead atoms. The van der Waals surface area contributed by atoms with Crippen molar-refractivity contribution in [3.05, 3.63) is 29.3 Å². The molecule has 0 unspecified atom stereocenters. The Kier molecular flexibility index (Phi) is 4.22. The summed E-state index contributed by atoms with van der Waals surface area (Å²) < 4.78 is 5.46. The minimum atomic E-state index is -0.729. The number of hydrogen-bond donors (Lipinski definition) is 2. The van der Waals surface area contributed by atoms with Crippen LogP contribution in [0.15, 0.2) is 24.3 Å². The van der Waals surface area contributed by atoms with E-state index in [2.05, 4.69) is 10.6 Å². The van der Waals surface area contributed by atoms with E-state index in [1.165, 1.54) is 0 Å². The molecule has 18 heavy (non-hydrogen) atoms. The zero-order valence-electron chi connectivity index (χ0n) is 10.3. The predicted molar refractivity (Wildman–Crippen MR) is 71.9 cm³/mol. The number of rotatable bonds is 3. The molecular formula is C13H17ClN2O2. The van der Waals surface area contributed by atoms with Gasteiger partial charge in [0.25, 0.3) is 5.91 Å². The van der Waals surface area contributed by atoms with Crippen molar-refractivity contribution in [1.29, 1.82) is 0 Å². The highest BCUT2D eigenvalue weighted by molar-refractivity contribution is 6.30. The zero-order valence-corrected chi connectivity index (χ0v) is 11.1. The molecule has 5 heteroatoms. The lowest BCUT2D eigenvalue weighted by molar-refractivity contribution is -0.140. The molecule has 4 nitrogen and oxygen atoms in total. The fraction of sp³-hybridized carbons (Fsp3) is 0.462. The highest BCUT2D eigenvalue weighted by Crippen LogP contribution is 2.25. The minimum Gasteiger partial charge on any atom is -0.368 e. The fourth-order valence-corrected chi connectivity index (χ4v) is 2.36. The van der Waals surface area contributed by atoms with Crippen molar-refractivity contribution in [2.45, 2.75) is 18.4 Å². The van der Waals surface area contributed by atoms with Crippen molar-refractivity contribution in [3.63, 3.8) is 0 Å². The van der Waals surface area contributed by atoms with Crippen molar-refractivity contribution in [2.75, 3.05) is 25.5 Å². The molecular weight excluding hydrogens is 252 g/mol. The molecule has 0 aromatic heterocycles. The summed E-state index contributed by atoms with van der Waals surface area (Å²) in [5.74, 6) is -0.103. The number of carbonyl (C=O) groups is 1. The molecule has 0 atom stereocenters. The predicted octanol–water partition coefficient (Wildman–Crippen LogP) is 2.05. The Morgan fingerprint density at radius 2 is 2.17 bits per heavy atom. The molecule has 2 N–H and O–H groups in total. The first-order valence-electron chi connectivity index (χ1n) is 5.99. The number of anilines is 1. The SMILES string of the molecule is COC1(C(=O)Nc2cccc(Cl)c2)CCNCC1. The molecule has 1 amide bonds. The lowest BCUT2D eigenvalue weighted by Gasteiger charge is -2.34. The fourth-order valence-electron chi connectivity index (χ4n) is 2.17. The van der Waals surface area contributed by atoms with Crippen LogP contribution in [0.4, 0.5) is 5.69 Å². The van der Waals surface area contributed by atoms with E-state index in [0.717, 1.165) is 13.1 Å². The smallest absolute Gasteiger partial charge is 0.256 e. The second-order valence-electron chi connectivity index (χ2n) is 4.41. The molecule has 1 saturated heterocycles. The first-order valence-corrected chi connectivity index (χ1v) is 6.37. The lowest BCUT2D eigenvalue weighted by Crippen LogP contribution is -2.51. The monoisotopic (exact) mass is 268 g/mol. The maximum atomic E-state index is 12.3. The summed E-state index contributed by atoms with van der Waals surface area (Å²) in [6, 6.07) is 7.12. The second kappa shape index (κ2) is 5.69. The van der Waals surface area contributed by atoms with E-state index < -0.39 is 5.60 Å². The average molecular weight is 269 g/mol. The normalized spacial score (nSPS) is 18.3. The largest absolute Gasteiger partial charge is 0.368 e. The summed E-state index contributed by atoms with van der Waals surface area (Å²) in [6.07, 6.45) is 1.35. The Balaban J connectivity index is 2.10. The van der Waals surface area contributed by atoms with Crippen molar-refractivity contribution in [3.8, 4) is 0 Å². The van der Waals surface area contributed by atoms with Crippen LogP contribution in [0, 0.1) is 0 Å². The molecule has 0 saturated carbocycles. The first kappa shape index (κ1) is 13.3. The highest BCUT2D eigenvalue weighted by atomic mass is 35.5. The van der Waals surface area contributed by atoms with Gasteiger partial charge in [-0.3, -0.25) is 4.79 Å². The van der Waals surface area contributed by atoms with Gasteiger partial charge in [-0.25, -0.2) is 0 Å². The number of nitrogens with one attached hydrogen (secondary N) is 2. The van der Waals surface area contributed by atoms with Gasteiger partial charge in [0.2, 0.25) is 0 Å². The summed E-state index contributed by atoms with van der Waals surface area (Å²) in [7, 11) is 1.59. The van der Waals surface area contributed by atoms with Gasteiger partial charge in [0, 0.05) is 17.8 Å². The highest BCUT2D eigenvalue weighted by Gasteiger charge is 2.39. The van der Waals surface area contributed by atoms with Gasteiger partial charge >= 0.3 is 0 Å². The molecule has 1 heterocycles. The van der Waals surface area contributed by atoms with Crippen LogP contribution in [0.25, 0.3) is 0 Å². The van der Waals surface area contributed by atoms with E-state index in [-0.39, 0.29) is 5.91 Å². The Morgan fingerprint density at radius 3 is 2.78 bits per heavy atom. The molecule has 0 spiro atoms. The molecule has 1 aromatic carbocycles. The van der Waals surface area contributed by atoms with Crippen LogP contribution in [0.2, 0.25) is 5.02 Å².